The molecule has 1 aliphatic carbocycles. The Hall–Kier alpha value is -2.54. The van der Waals surface area contributed by atoms with E-state index >= 15 is 0 Å². The molecule has 1 N–H and O–H groups in total. The summed E-state index contributed by atoms with van der Waals surface area (Å²) >= 11 is 0. The van der Waals surface area contributed by atoms with Crippen LogP contribution in [0.4, 0.5) is 0 Å². The van der Waals surface area contributed by atoms with Crippen molar-refractivity contribution in [2.24, 2.45) is 0 Å². The largest absolute Gasteiger partial charge is 0.322 e. The molecule has 1 saturated carbocycles. The summed E-state index contributed by atoms with van der Waals surface area (Å²) in [5.74, 6) is 0.821. The molecule has 5 rings (SSSR count). The molecule has 0 bridgehead atoms. The average Bonchev–Trinajstić information content (AvgIpc) is 3.30. The summed E-state index contributed by atoms with van der Waals surface area (Å²) in [5.41, 5.74) is 2.87. The first-order valence-corrected chi connectivity index (χ1v) is 12.3. The van der Waals surface area contributed by atoms with E-state index in [9.17, 15) is 4.79 Å². The Morgan fingerprint density at radius 1 is 1.09 bits per heavy atom. The van der Waals surface area contributed by atoms with E-state index in [2.05, 4.69) is 57.5 Å². The van der Waals surface area contributed by atoms with Gasteiger partial charge in [-0.2, -0.15) is 0 Å². The Kier molecular flexibility index (Phi) is 6.09. The molecule has 7 heteroatoms. The molecular formula is C25H34N6O. The Balaban J connectivity index is 1.65. The van der Waals surface area contributed by atoms with Crippen molar-refractivity contribution >= 4 is 10.9 Å². The van der Waals surface area contributed by atoms with E-state index in [0.717, 1.165) is 60.9 Å². The Labute approximate surface area is 189 Å². The molecule has 170 valence electrons. The molecule has 2 atom stereocenters. The summed E-state index contributed by atoms with van der Waals surface area (Å²) in [6, 6.07) is 8.84. The van der Waals surface area contributed by atoms with E-state index < -0.39 is 0 Å². The van der Waals surface area contributed by atoms with Crippen LogP contribution in [0.1, 0.15) is 94.2 Å². The van der Waals surface area contributed by atoms with Crippen LogP contribution in [-0.4, -0.2) is 42.7 Å². The number of hydrogen-bond donors (Lipinski definition) is 1. The normalized spacial score (nSPS) is 21.8. The number of hydrogen-bond acceptors (Lipinski definition) is 5. The van der Waals surface area contributed by atoms with Crippen molar-refractivity contribution in [3.05, 3.63) is 51.6 Å². The number of fused-ring (bicyclic) bond motifs is 1. The highest BCUT2D eigenvalue weighted by molar-refractivity contribution is 5.80. The minimum absolute atomic E-state index is 0.0392. The van der Waals surface area contributed by atoms with Crippen molar-refractivity contribution in [3.63, 3.8) is 0 Å². The SMILES string of the molecule is CCc1ccc2[nH]c(=O)c([C@H](c3nnnn3C3CCCCC3)N3CCCC[C@H]3C)cc2c1. The molecule has 3 heterocycles. The van der Waals surface area contributed by atoms with E-state index in [1.54, 1.807) is 0 Å². The number of piperidine rings is 1. The molecular weight excluding hydrogens is 400 g/mol. The third-order valence-electron chi connectivity index (χ3n) is 7.51. The van der Waals surface area contributed by atoms with Gasteiger partial charge in [-0.1, -0.05) is 38.7 Å². The molecule has 32 heavy (non-hydrogen) atoms. The van der Waals surface area contributed by atoms with Crippen LogP contribution >= 0.6 is 0 Å². The second kappa shape index (κ2) is 9.14. The zero-order valence-corrected chi connectivity index (χ0v) is 19.3. The number of aromatic amines is 1. The molecule has 0 radical (unpaired) electrons. The van der Waals surface area contributed by atoms with Gasteiger partial charge in [0, 0.05) is 17.1 Å². The summed E-state index contributed by atoms with van der Waals surface area (Å²) < 4.78 is 2.04. The van der Waals surface area contributed by atoms with Crippen LogP contribution in [0.5, 0.6) is 0 Å². The third kappa shape index (κ3) is 3.98. The molecule has 1 aromatic carbocycles. The number of aryl methyl sites for hydroxylation is 1. The van der Waals surface area contributed by atoms with Crippen molar-refractivity contribution in [3.8, 4) is 0 Å². The maximum atomic E-state index is 13.4. The number of benzene rings is 1. The average molecular weight is 435 g/mol. The van der Waals surface area contributed by atoms with Crippen molar-refractivity contribution in [1.29, 1.82) is 0 Å². The van der Waals surface area contributed by atoms with Gasteiger partial charge in [0.05, 0.1) is 6.04 Å². The van der Waals surface area contributed by atoms with Crippen LogP contribution in [0.25, 0.3) is 10.9 Å². The Morgan fingerprint density at radius 2 is 1.91 bits per heavy atom. The smallest absolute Gasteiger partial charge is 0.253 e. The lowest BCUT2D eigenvalue weighted by atomic mass is 9.93. The molecule has 0 amide bonds. The highest BCUT2D eigenvalue weighted by atomic mass is 16.1. The molecule has 3 aromatic rings. The lowest BCUT2D eigenvalue weighted by molar-refractivity contribution is 0.114. The quantitative estimate of drug-likeness (QED) is 0.637. The number of tetrazole rings is 1. The third-order valence-corrected chi connectivity index (χ3v) is 7.51. The van der Waals surface area contributed by atoms with Crippen LogP contribution in [0.3, 0.4) is 0 Å². The first-order chi connectivity index (χ1) is 15.7. The van der Waals surface area contributed by atoms with Crippen LogP contribution in [-0.2, 0) is 6.42 Å². The number of rotatable bonds is 5. The fourth-order valence-electron chi connectivity index (χ4n) is 5.63. The first-order valence-electron chi connectivity index (χ1n) is 12.3. The second-order valence-electron chi connectivity index (χ2n) is 9.59. The van der Waals surface area contributed by atoms with Crippen molar-refractivity contribution in [2.45, 2.75) is 89.8 Å². The zero-order chi connectivity index (χ0) is 22.1. The molecule has 0 unspecified atom stereocenters. The molecule has 0 spiro atoms. The van der Waals surface area contributed by atoms with Gasteiger partial charge in [0.2, 0.25) is 0 Å². The minimum Gasteiger partial charge on any atom is -0.322 e. The summed E-state index contributed by atoms with van der Waals surface area (Å²) in [6.45, 7) is 5.38. The van der Waals surface area contributed by atoms with Gasteiger partial charge in [-0.15, -0.1) is 5.10 Å². The van der Waals surface area contributed by atoms with Gasteiger partial charge in [0.1, 0.15) is 6.04 Å². The van der Waals surface area contributed by atoms with E-state index in [-0.39, 0.29) is 11.6 Å². The summed E-state index contributed by atoms with van der Waals surface area (Å²) in [6.07, 6.45) is 10.4. The van der Waals surface area contributed by atoms with E-state index in [1.165, 1.54) is 31.2 Å². The number of pyridine rings is 1. The van der Waals surface area contributed by atoms with Gasteiger partial charge in [-0.25, -0.2) is 4.68 Å². The summed E-state index contributed by atoms with van der Waals surface area (Å²) in [4.78, 5) is 19.0. The van der Waals surface area contributed by atoms with Gasteiger partial charge in [-0.05, 0) is 85.1 Å². The molecule has 2 fully saturated rings. The van der Waals surface area contributed by atoms with E-state index in [4.69, 9.17) is 0 Å². The molecule has 2 aliphatic rings. The Bertz CT molecular complexity index is 1130. The van der Waals surface area contributed by atoms with Crippen molar-refractivity contribution in [1.82, 2.24) is 30.1 Å². The zero-order valence-electron chi connectivity index (χ0n) is 19.3. The van der Waals surface area contributed by atoms with Crippen LogP contribution in [0.15, 0.2) is 29.1 Å². The van der Waals surface area contributed by atoms with Crippen molar-refractivity contribution in [2.75, 3.05) is 6.54 Å². The second-order valence-corrected chi connectivity index (χ2v) is 9.59. The fourth-order valence-corrected chi connectivity index (χ4v) is 5.63. The molecule has 7 nitrogen and oxygen atoms in total. The number of nitrogens with one attached hydrogen (secondary N) is 1. The number of H-pyrrole nitrogens is 1. The monoisotopic (exact) mass is 434 g/mol. The summed E-state index contributed by atoms with van der Waals surface area (Å²) in [7, 11) is 0. The lowest BCUT2D eigenvalue weighted by Crippen LogP contribution is -2.43. The predicted molar refractivity (Wildman–Crippen MR) is 126 cm³/mol. The first kappa shape index (κ1) is 21.3. The van der Waals surface area contributed by atoms with Crippen LogP contribution < -0.4 is 5.56 Å². The maximum Gasteiger partial charge on any atom is 0.253 e. The lowest BCUT2D eigenvalue weighted by Gasteiger charge is -2.39. The van der Waals surface area contributed by atoms with Crippen LogP contribution in [0, 0.1) is 0 Å². The van der Waals surface area contributed by atoms with Gasteiger partial charge in [0.25, 0.3) is 5.56 Å². The number of aromatic nitrogens is 5. The molecule has 1 saturated heterocycles. The van der Waals surface area contributed by atoms with E-state index in [0.29, 0.717) is 12.1 Å². The number of likely N-dealkylation sites (tertiary alicyclic amines) is 1. The van der Waals surface area contributed by atoms with Crippen molar-refractivity contribution < 1.29 is 0 Å². The van der Waals surface area contributed by atoms with Gasteiger partial charge in [-0.3, -0.25) is 9.69 Å². The highest BCUT2D eigenvalue weighted by Gasteiger charge is 2.35. The standard InChI is InChI=1S/C25H34N6O/c1-3-18-12-13-22-19(15-18)16-21(25(32)26-22)23(30-14-8-7-9-17(30)2)24-27-28-29-31(24)20-10-5-4-6-11-20/h12-13,15-17,20,23H,3-11,14H2,1-2H3,(H,26,32)/t17-,23-/m1/s1. The fraction of sp³-hybridized carbons (Fsp3) is 0.600. The van der Waals surface area contributed by atoms with E-state index in [1.807, 2.05) is 10.7 Å². The molecule has 1 aliphatic heterocycles. The van der Waals surface area contributed by atoms with Gasteiger partial charge in [0.15, 0.2) is 5.82 Å². The minimum atomic E-state index is -0.236. The topological polar surface area (TPSA) is 79.7 Å². The summed E-state index contributed by atoms with van der Waals surface area (Å²) in [5, 5.41) is 14.2. The highest BCUT2D eigenvalue weighted by Crippen LogP contribution is 2.35. The van der Waals surface area contributed by atoms with Gasteiger partial charge >= 0.3 is 0 Å². The number of nitrogens with zero attached hydrogens (tertiary/aromatic N) is 5. The molecule has 2 aromatic heterocycles. The maximum absolute atomic E-state index is 13.4. The van der Waals surface area contributed by atoms with Crippen LogP contribution in [0.2, 0.25) is 0 Å². The Morgan fingerprint density at radius 3 is 2.69 bits per heavy atom. The van der Waals surface area contributed by atoms with Gasteiger partial charge < -0.3 is 4.98 Å². The predicted octanol–water partition coefficient (Wildman–Crippen LogP) is 4.55.